The van der Waals surface area contributed by atoms with Crippen LogP contribution in [0, 0.1) is 5.92 Å². The van der Waals surface area contributed by atoms with Crippen LogP contribution in [0.1, 0.15) is 68.0 Å². The zero-order chi connectivity index (χ0) is 14.7. The van der Waals surface area contributed by atoms with E-state index in [1.807, 2.05) is 11.3 Å². The van der Waals surface area contributed by atoms with Gasteiger partial charge in [-0.2, -0.15) is 0 Å². The first kappa shape index (κ1) is 15.0. The lowest BCUT2D eigenvalue weighted by Gasteiger charge is -2.24. The predicted molar refractivity (Wildman–Crippen MR) is 89.6 cm³/mol. The monoisotopic (exact) mass is 306 g/mol. The molecule has 1 aliphatic heterocycles. The predicted octanol–water partition coefficient (Wildman–Crippen LogP) is 5.63. The molecule has 1 fully saturated rings. The molecular formula is C18H26O2S. The Morgan fingerprint density at radius 2 is 1.67 bits per heavy atom. The van der Waals surface area contributed by atoms with E-state index in [1.54, 1.807) is 0 Å². The van der Waals surface area contributed by atoms with Gasteiger partial charge in [-0.25, -0.2) is 0 Å². The van der Waals surface area contributed by atoms with Crippen LogP contribution in [-0.2, 0) is 0 Å². The zero-order valence-electron chi connectivity index (χ0n) is 13.2. The van der Waals surface area contributed by atoms with E-state index in [9.17, 15) is 0 Å². The van der Waals surface area contributed by atoms with Gasteiger partial charge in [-0.3, -0.25) is 0 Å². The molecule has 2 heterocycles. The van der Waals surface area contributed by atoms with Gasteiger partial charge in [0.05, 0.1) is 9.75 Å². The van der Waals surface area contributed by atoms with Crippen molar-refractivity contribution in [3.8, 4) is 11.5 Å². The minimum atomic E-state index is 0.664. The van der Waals surface area contributed by atoms with E-state index in [0.29, 0.717) is 19.1 Å². The van der Waals surface area contributed by atoms with Gasteiger partial charge >= 0.3 is 0 Å². The lowest BCUT2D eigenvalue weighted by molar-refractivity contribution is 0.170. The summed E-state index contributed by atoms with van der Waals surface area (Å²) < 4.78 is 11.9. The highest BCUT2D eigenvalue weighted by molar-refractivity contribution is 7.13. The molecule has 3 rings (SSSR count). The van der Waals surface area contributed by atoms with Crippen molar-refractivity contribution in [2.24, 2.45) is 5.92 Å². The molecule has 0 bridgehead atoms. The number of rotatable bonds is 2. The van der Waals surface area contributed by atoms with Crippen molar-refractivity contribution in [2.75, 3.05) is 13.2 Å². The summed E-state index contributed by atoms with van der Waals surface area (Å²) in [6, 6.07) is 0. The molecule has 0 aromatic carbocycles. The van der Waals surface area contributed by atoms with Gasteiger partial charge in [-0.1, -0.05) is 38.7 Å². The Balaban J connectivity index is 1.86. The van der Waals surface area contributed by atoms with Crippen LogP contribution in [0.5, 0.6) is 11.5 Å². The second-order valence-corrected chi connectivity index (χ2v) is 7.43. The highest BCUT2D eigenvalue weighted by atomic mass is 32.1. The lowest BCUT2D eigenvalue weighted by Crippen LogP contribution is -2.16. The van der Waals surface area contributed by atoms with Gasteiger partial charge in [0.15, 0.2) is 11.5 Å². The first-order valence-corrected chi connectivity index (χ1v) is 9.16. The quantitative estimate of drug-likeness (QED) is 0.705. The van der Waals surface area contributed by atoms with E-state index in [-0.39, 0.29) is 0 Å². The Morgan fingerprint density at radius 3 is 2.33 bits per heavy atom. The number of fused-ring (bicyclic) bond motifs is 1. The Labute approximate surface area is 132 Å². The van der Waals surface area contributed by atoms with E-state index < -0.39 is 0 Å². The number of ether oxygens (including phenoxy) is 2. The van der Waals surface area contributed by atoms with Crippen LogP contribution in [0.15, 0.2) is 6.08 Å². The van der Waals surface area contributed by atoms with Gasteiger partial charge in [0.25, 0.3) is 0 Å². The normalized spacial score (nSPS) is 26.6. The third-order valence-electron chi connectivity index (χ3n) is 4.64. The van der Waals surface area contributed by atoms with Crippen LogP contribution in [-0.4, -0.2) is 13.2 Å². The third kappa shape index (κ3) is 3.28. The van der Waals surface area contributed by atoms with Gasteiger partial charge in [0.2, 0.25) is 0 Å². The Morgan fingerprint density at radius 1 is 1.00 bits per heavy atom. The molecule has 2 aliphatic rings. The summed E-state index contributed by atoms with van der Waals surface area (Å²) in [6.45, 7) is 5.83. The number of thiophene rings is 1. The van der Waals surface area contributed by atoms with Gasteiger partial charge in [0, 0.05) is 0 Å². The molecule has 0 amide bonds. The van der Waals surface area contributed by atoms with Gasteiger partial charge in [-0.05, 0) is 37.7 Å². The maximum Gasteiger partial charge on any atom is 0.179 e. The smallest absolute Gasteiger partial charge is 0.179 e. The largest absolute Gasteiger partial charge is 0.485 e. The molecule has 2 nitrogen and oxygen atoms in total. The summed E-state index contributed by atoms with van der Waals surface area (Å²) in [4.78, 5) is 2.67. The standard InChI is InChI=1S/C18H26O2S/c1-3-6-15-16-17(20-12-11-19-16)18(21-15)14-9-4-7-13(2)8-5-10-14/h3,6,13-14H,4-5,7-12H2,1-2H3/b6-3+. The van der Waals surface area contributed by atoms with Crippen molar-refractivity contribution in [3.05, 3.63) is 15.8 Å². The highest BCUT2D eigenvalue weighted by Crippen LogP contribution is 2.50. The van der Waals surface area contributed by atoms with E-state index in [1.165, 1.54) is 48.3 Å². The minimum Gasteiger partial charge on any atom is -0.485 e. The van der Waals surface area contributed by atoms with Crippen molar-refractivity contribution < 1.29 is 9.47 Å². The topological polar surface area (TPSA) is 18.5 Å². The van der Waals surface area contributed by atoms with E-state index in [0.717, 1.165) is 17.4 Å². The van der Waals surface area contributed by atoms with Crippen molar-refractivity contribution >= 4 is 17.4 Å². The number of hydrogen-bond acceptors (Lipinski definition) is 3. The molecule has 1 saturated carbocycles. The molecule has 0 N–H and O–H groups in total. The van der Waals surface area contributed by atoms with Gasteiger partial charge in [-0.15, -0.1) is 11.3 Å². The molecule has 0 saturated heterocycles. The van der Waals surface area contributed by atoms with Crippen molar-refractivity contribution in [1.82, 2.24) is 0 Å². The Hall–Kier alpha value is -0.960. The first-order valence-electron chi connectivity index (χ1n) is 8.34. The molecule has 116 valence electrons. The molecular weight excluding hydrogens is 280 g/mol. The molecule has 1 aromatic heterocycles. The van der Waals surface area contributed by atoms with E-state index in [2.05, 4.69) is 26.0 Å². The Bertz CT molecular complexity index is 494. The molecule has 1 aliphatic carbocycles. The van der Waals surface area contributed by atoms with Crippen molar-refractivity contribution in [2.45, 2.75) is 58.3 Å². The maximum atomic E-state index is 5.98. The van der Waals surface area contributed by atoms with Crippen LogP contribution in [0.25, 0.3) is 6.08 Å². The molecule has 0 spiro atoms. The van der Waals surface area contributed by atoms with Crippen molar-refractivity contribution in [3.63, 3.8) is 0 Å². The summed E-state index contributed by atoms with van der Waals surface area (Å²) in [7, 11) is 0. The SMILES string of the molecule is C/C=C/c1sc(C2CCCC(C)CCC2)c2c1OCCO2. The second-order valence-electron chi connectivity index (χ2n) is 6.35. The van der Waals surface area contributed by atoms with E-state index in [4.69, 9.17) is 9.47 Å². The van der Waals surface area contributed by atoms with Crippen LogP contribution in [0.2, 0.25) is 0 Å². The zero-order valence-corrected chi connectivity index (χ0v) is 14.0. The Kier molecular flexibility index (Phi) is 4.89. The van der Waals surface area contributed by atoms with Crippen LogP contribution < -0.4 is 9.47 Å². The van der Waals surface area contributed by atoms with Crippen LogP contribution in [0.4, 0.5) is 0 Å². The van der Waals surface area contributed by atoms with Gasteiger partial charge < -0.3 is 9.47 Å². The second kappa shape index (κ2) is 6.87. The third-order valence-corrected chi connectivity index (χ3v) is 5.92. The lowest BCUT2D eigenvalue weighted by atomic mass is 9.86. The molecule has 0 unspecified atom stereocenters. The average Bonchev–Trinajstić information content (AvgIpc) is 2.82. The minimum absolute atomic E-state index is 0.664. The molecule has 21 heavy (non-hydrogen) atoms. The maximum absolute atomic E-state index is 5.98. The number of allylic oxidation sites excluding steroid dienone is 1. The molecule has 3 heteroatoms. The summed E-state index contributed by atoms with van der Waals surface area (Å²) in [5.74, 6) is 3.62. The first-order chi connectivity index (χ1) is 10.3. The van der Waals surface area contributed by atoms with Crippen molar-refractivity contribution in [1.29, 1.82) is 0 Å². The van der Waals surface area contributed by atoms with Gasteiger partial charge in [0.1, 0.15) is 13.2 Å². The highest BCUT2D eigenvalue weighted by Gasteiger charge is 2.28. The fraction of sp³-hybridized carbons (Fsp3) is 0.667. The summed E-state index contributed by atoms with van der Waals surface area (Å²) in [5, 5.41) is 0. The van der Waals surface area contributed by atoms with Crippen LogP contribution >= 0.6 is 11.3 Å². The average molecular weight is 306 g/mol. The molecule has 0 atom stereocenters. The number of hydrogen-bond donors (Lipinski definition) is 0. The fourth-order valence-corrected chi connectivity index (χ4v) is 4.83. The fourth-order valence-electron chi connectivity index (χ4n) is 3.50. The van der Waals surface area contributed by atoms with Crippen LogP contribution in [0.3, 0.4) is 0 Å². The summed E-state index contributed by atoms with van der Waals surface area (Å²) in [6.07, 6.45) is 12.3. The molecule has 0 radical (unpaired) electrons. The summed E-state index contributed by atoms with van der Waals surface area (Å²) in [5.41, 5.74) is 0. The molecule has 1 aromatic rings. The van der Waals surface area contributed by atoms with E-state index >= 15 is 0 Å². The summed E-state index contributed by atoms with van der Waals surface area (Å²) >= 11 is 1.89.